The van der Waals surface area contributed by atoms with E-state index in [1.165, 1.54) is 18.3 Å². The molecule has 6 heteroatoms. The van der Waals surface area contributed by atoms with Crippen molar-refractivity contribution in [1.82, 2.24) is 10.4 Å². The number of carbonyl (C=O) groups excluding carboxylic acids is 1. The number of carbonyl (C=O) groups is 1. The SMILES string of the molecule is O=C(N/N=C\c1ccccn1)c1ccc(O)cc1O. The van der Waals surface area contributed by atoms with Crippen LogP contribution in [-0.4, -0.2) is 27.3 Å². The van der Waals surface area contributed by atoms with Crippen molar-refractivity contribution in [2.75, 3.05) is 0 Å². The van der Waals surface area contributed by atoms with Crippen molar-refractivity contribution in [2.24, 2.45) is 5.10 Å². The lowest BCUT2D eigenvalue weighted by molar-refractivity contribution is 0.0952. The number of nitrogens with zero attached hydrogens (tertiary/aromatic N) is 2. The summed E-state index contributed by atoms with van der Waals surface area (Å²) in [7, 11) is 0. The van der Waals surface area contributed by atoms with Crippen LogP contribution in [0, 0.1) is 0 Å². The highest BCUT2D eigenvalue weighted by atomic mass is 16.3. The van der Waals surface area contributed by atoms with Crippen LogP contribution < -0.4 is 5.43 Å². The van der Waals surface area contributed by atoms with Gasteiger partial charge in [-0.25, -0.2) is 5.43 Å². The number of hydrogen-bond acceptors (Lipinski definition) is 5. The Morgan fingerprint density at radius 3 is 2.79 bits per heavy atom. The van der Waals surface area contributed by atoms with E-state index in [-0.39, 0.29) is 17.1 Å². The summed E-state index contributed by atoms with van der Waals surface area (Å²) in [6, 6.07) is 8.98. The average Bonchev–Trinajstić information content (AvgIpc) is 2.39. The lowest BCUT2D eigenvalue weighted by atomic mass is 10.2. The predicted molar refractivity (Wildman–Crippen MR) is 69.1 cm³/mol. The molecule has 0 fully saturated rings. The molecule has 2 rings (SSSR count). The third-order valence-electron chi connectivity index (χ3n) is 2.28. The van der Waals surface area contributed by atoms with Gasteiger partial charge in [0.15, 0.2) is 0 Å². The fourth-order valence-electron chi connectivity index (χ4n) is 1.38. The van der Waals surface area contributed by atoms with E-state index in [0.29, 0.717) is 5.69 Å². The van der Waals surface area contributed by atoms with Gasteiger partial charge < -0.3 is 10.2 Å². The van der Waals surface area contributed by atoms with Crippen LogP contribution in [-0.2, 0) is 0 Å². The van der Waals surface area contributed by atoms with E-state index in [1.807, 2.05) is 0 Å². The lowest BCUT2D eigenvalue weighted by Crippen LogP contribution is -2.17. The van der Waals surface area contributed by atoms with Crippen molar-refractivity contribution in [3.63, 3.8) is 0 Å². The second-order valence-corrected chi connectivity index (χ2v) is 3.66. The first-order valence-electron chi connectivity index (χ1n) is 5.43. The number of hydrazone groups is 1. The van der Waals surface area contributed by atoms with Crippen molar-refractivity contribution in [3.8, 4) is 11.5 Å². The number of benzene rings is 1. The molecule has 0 saturated carbocycles. The molecule has 2 aromatic rings. The first kappa shape index (κ1) is 12.6. The van der Waals surface area contributed by atoms with Gasteiger partial charge in [0.25, 0.3) is 5.91 Å². The van der Waals surface area contributed by atoms with Crippen LogP contribution in [0.25, 0.3) is 0 Å². The molecular formula is C13H11N3O3. The Hall–Kier alpha value is -2.89. The lowest BCUT2D eigenvalue weighted by Gasteiger charge is -2.02. The van der Waals surface area contributed by atoms with E-state index < -0.39 is 5.91 Å². The van der Waals surface area contributed by atoms with Gasteiger partial charge >= 0.3 is 0 Å². The summed E-state index contributed by atoms with van der Waals surface area (Å²) < 4.78 is 0. The van der Waals surface area contributed by atoms with Crippen molar-refractivity contribution in [3.05, 3.63) is 53.9 Å². The Bertz CT molecular complexity index is 612. The van der Waals surface area contributed by atoms with E-state index in [9.17, 15) is 9.90 Å². The normalized spacial score (nSPS) is 10.5. The molecule has 0 unspecified atom stereocenters. The number of pyridine rings is 1. The van der Waals surface area contributed by atoms with Gasteiger partial charge in [-0.3, -0.25) is 9.78 Å². The molecule has 1 aromatic carbocycles. The molecule has 1 heterocycles. The topological polar surface area (TPSA) is 94.8 Å². The third kappa shape index (κ3) is 3.29. The Kier molecular flexibility index (Phi) is 3.72. The second-order valence-electron chi connectivity index (χ2n) is 3.66. The van der Waals surface area contributed by atoms with Crippen LogP contribution in [0.4, 0.5) is 0 Å². The van der Waals surface area contributed by atoms with Crippen LogP contribution in [0.3, 0.4) is 0 Å². The van der Waals surface area contributed by atoms with Crippen molar-refractivity contribution in [2.45, 2.75) is 0 Å². The fourth-order valence-corrected chi connectivity index (χ4v) is 1.38. The number of nitrogens with one attached hydrogen (secondary N) is 1. The van der Waals surface area contributed by atoms with Gasteiger partial charge in [-0.2, -0.15) is 5.10 Å². The van der Waals surface area contributed by atoms with Crippen LogP contribution in [0.15, 0.2) is 47.7 Å². The van der Waals surface area contributed by atoms with Crippen molar-refractivity contribution < 1.29 is 15.0 Å². The maximum atomic E-state index is 11.7. The molecule has 1 amide bonds. The number of hydrogen-bond donors (Lipinski definition) is 3. The Morgan fingerprint density at radius 2 is 2.11 bits per heavy atom. The summed E-state index contributed by atoms with van der Waals surface area (Å²) in [4.78, 5) is 15.7. The summed E-state index contributed by atoms with van der Waals surface area (Å²) in [6.45, 7) is 0. The molecule has 0 bridgehead atoms. The van der Waals surface area contributed by atoms with Crippen LogP contribution in [0.5, 0.6) is 11.5 Å². The van der Waals surface area contributed by atoms with E-state index in [1.54, 1.807) is 24.4 Å². The van der Waals surface area contributed by atoms with Crippen molar-refractivity contribution >= 4 is 12.1 Å². The highest BCUT2D eigenvalue weighted by molar-refractivity contribution is 5.97. The zero-order valence-electron chi connectivity index (χ0n) is 9.82. The van der Waals surface area contributed by atoms with E-state index in [2.05, 4.69) is 15.5 Å². The number of aromatic nitrogens is 1. The number of phenolic OH excluding ortho intramolecular Hbond substituents is 2. The minimum atomic E-state index is -0.579. The third-order valence-corrected chi connectivity index (χ3v) is 2.28. The Labute approximate surface area is 109 Å². The summed E-state index contributed by atoms with van der Waals surface area (Å²) in [5, 5.41) is 22.3. The van der Waals surface area contributed by atoms with E-state index in [0.717, 1.165) is 6.07 Å². The van der Waals surface area contributed by atoms with Gasteiger partial charge in [-0.15, -0.1) is 0 Å². The number of phenols is 2. The quantitative estimate of drug-likeness (QED) is 0.569. The molecule has 0 saturated heterocycles. The summed E-state index contributed by atoms with van der Waals surface area (Å²) in [5.41, 5.74) is 2.88. The molecule has 0 radical (unpaired) electrons. The first-order chi connectivity index (χ1) is 9.16. The highest BCUT2D eigenvalue weighted by Gasteiger charge is 2.10. The maximum absolute atomic E-state index is 11.7. The minimum Gasteiger partial charge on any atom is -0.508 e. The molecule has 0 atom stereocenters. The average molecular weight is 257 g/mol. The maximum Gasteiger partial charge on any atom is 0.275 e. The summed E-state index contributed by atoms with van der Waals surface area (Å²) in [6.07, 6.45) is 2.99. The second kappa shape index (κ2) is 5.63. The van der Waals surface area contributed by atoms with Gasteiger partial charge in [-0.1, -0.05) is 6.07 Å². The standard InChI is InChI=1S/C13H11N3O3/c17-10-4-5-11(12(18)7-10)13(19)16-15-8-9-3-1-2-6-14-9/h1-8,17-18H,(H,16,19)/b15-8-. The molecule has 19 heavy (non-hydrogen) atoms. The van der Waals surface area contributed by atoms with Gasteiger partial charge in [0.2, 0.25) is 0 Å². The van der Waals surface area contributed by atoms with Gasteiger partial charge in [0.1, 0.15) is 11.5 Å². The fraction of sp³-hybridized carbons (Fsp3) is 0. The molecule has 0 aliphatic heterocycles. The number of rotatable bonds is 3. The number of aromatic hydroxyl groups is 2. The van der Waals surface area contributed by atoms with Gasteiger partial charge in [0, 0.05) is 12.3 Å². The van der Waals surface area contributed by atoms with Crippen LogP contribution >= 0.6 is 0 Å². The predicted octanol–water partition coefficient (Wildman–Crippen LogP) is 1.26. The van der Waals surface area contributed by atoms with Crippen molar-refractivity contribution in [1.29, 1.82) is 0 Å². The van der Waals surface area contributed by atoms with Gasteiger partial charge in [-0.05, 0) is 24.3 Å². The molecule has 96 valence electrons. The summed E-state index contributed by atoms with van der Waals surface area (Å²) >= 11 is 0. The first-order valence-corrected chi connectivity index (χ1v) is 5.43. The zero-order valence-corrected chi connectivity index (χ0v) is 9.82. The number of amides is 1. The molecule has 0 aliphatic rings. The van der Waals surface area contributed by atoms with Crippen LogP contribution in [0.1, 0.15) is 16.1 Å². The monoisotopic (exact) mass is 257 g/mol. The molecule has 0 spiro atoms. The molecule has 3 N–H and O–H groups in total. The largest absolute Gasteiger partial charge is 0.508 e. The van der Waals surface area contributed by atoms with Crippen LogP contribution in [0.2, 0.25) is 0 Å². The van der Waals surface area contributed by atoms with E-state index in [4.69, 9.17) is 5.11 Å². The molecule has 1 aromatic heterocycles. The minimum absolute atomic E-state index is 0.0240. The molecular weight excluding hydrogens is 246 g/mol. The smallest absolute Gasteiger partial charge is 0.275 e. The summed E-state index contributed by atoms with van der Waals surface area (Å²) in [5.74, 6) is -1.01. The zero-order chi connectivity index (χ0) is 13.7. The Balaban J connectivity index is 2.04. The highest BCUT2D eigenvalue weighted by Crippen LogP contribution is 2.22. The van der Waals surface area contributed by atoms with E-state index >= 15 is 0 Å². The molecule has 0 aliphatic carbocycles. The van der Waals surface area contributed by atoms with Gasteiger partial charge in [0.05, 0.1) is 17.5 Å². The Morgan fingerprint density at radius 1 is 1.26 bits per heavy atom. The molecule has 6 nitrogen and oxygen atoms in total.